The molecule has 1 unspecified atom stereocenters. The van der Waals surface area contributed by atoms with Gasteiger partial charge in [0, 0.05) is 17.9 Å². The molecule has 1 atom stereocenters. The van der Waals surface area contributed by atoms with Crippen molar-refractivity contribution < 1.29 is 9.84 Å². The van der Waals surface area contributed by atoms with Crippen LogP contribution in [-0.2, 0) is 12.8 Å². The fourth-order valence-corrected chi connectivity index (χ4v) is 2.48. The standard InChI is InChI=1S/C15H21ClO2/c1-4-15(2,3)13(17)9-11-8-12(16)7-10-5-6-18-14(10)11/h7-8,13,17H,4-6,9H2,1-3H3. The molecule has 0 aromatic heterocycles. The van der Waals surface area contributed by atoms with Gasteiger partial charge in [-0.1, -0.05) is 32.4 Å². The minimum Gasteiger partial charge on any atom is -0.493 e. The minimum absolute atomic E-state index is 0.0895. The predicted octanol–water partition coefficient (Wildman–Crippen LogP) is 3.61. The molecule has 2 nitrogen and oxygen atoms in total. The van der Waals surface area contributed by atoms with E-state index < -0.39 is 0 Å². The van der Waals surface area contributed by atoms with E-state index in [1.165, 1.54) is 5.56 Å². The fourth-order valence-electron chi connectivity index (χ4n) is 2.22. The Labute approximate surface area is 114 Å². The average molecular weight is 269 g/mol. The van der Waals surface area contributed by atoms with Crippen molar-refractivity contribution in [3.05, 3.63) is 28.3 Å². The number of fused-ring (bicyclic) bond motifs is 1. The lowest BCUT2D eigenvalue weighted by Gasteiger charge is -2.29. The van der Waals surface area contributed by atoms with Gasteiger partial charge in [-0.25, -0.2) is 0 Å². The Kier molecular flexibility index (Phi) is 3.88. The van der Waals surface area contributed by atoms with Crippen LogP contribution in [0.15, 0.2) is 12.1 Å². The van der Waals surface area contributed by atoms with Crippen LogP contribution in [0.3, 0.4) is 0 Å². The van der Waals surface area contributed by atoms with Crippen LogP contribution in [0, 0.1) is 5.41 Å². The topological polar surface area (TPSA) is 29.5 Å². The third-order valence-corrected chi connectivity index (χ3v) is 4.27. The number of benzene rings is 1. The highest BCUT2D eigenvalue weighted by atomic mass is 35.5. The summed E-state index contributed by atoms with van der Waals surface area (Å²) in [6.07, 6.45) is 2.08. The quantitative estimate of drug-likeness (QED) is 0.904. The normalized spacial score (nSPS) is 16.3. The van der Waals surface area contributed by atoms with Crippen LogP contribution in [0.25, 0.3) is 0 Å². The highest BCUT2D eigenvalue weighted by molar-refractivity contribution is 6.30. The van der Waals surface area contributed by atoms with Gasteiger partial charge in [-0.3, -0.25) is 0 Å². The average Bonchev–Trinajstić information content (AvgIpc) is 2.76. The molecular weight excluding hydrogens is 248 g/mol. The minimum atomic E-state index is -0.380. The molecule has 0 bridgehead atoms. The SMILES string of the molecule is CCC(C)(C)C(O)Cc1cc(Cl)cc2c1OCC2. The zero-order valence-corrected chi connectivity index (χ0v) is 12.0. The van der Waals surface area contributed by atoms with E-state index in [1.54, 1.807) is 0 Å². The summed E-state index contributed by atoms with van der Waals surface area (Å²) in [7, 11) is 0. The van der Waals surface area contributed by atoms with Crippen molar-refractivity contribution >= 4 is 11.6 Å². The Balaban J connectivity index is 2.25. The molecule has 18 heavy (non-hydrogen) atoms. The van der Waals surface area contributed by atoms with Crippen molar-refractivity contribution in [2.75, 3.05) is 6.61 Å². The van der Waals surface area contributed by atoms with Crippen LogP contribution in [0.4, 0.5) is 0 Å². The molecule has 0 saturated carbocycles. The maximum absolute atomic E-state index is 10.4. The van der Waals surface area contributed by atoms with Crippen molar-refractivity contribution in [2.45, 2.75) is 46.1 Å². The Morgan fingerprint density at radius 1 is 1.44 bits per heavy atom. The molecule has 0 aliphatic carbocycles. The molecule has 0 radical (unpaired) electrons. The van der Waals surface area contributed by atoms with Gasteiger partial charge in [0.1, 0.15) is 5.75 Å². The van der Waals surface area contributed by atoms with E-state index in [2.05, 4.69) is 20.8 Å². The van der Waals surface area contributed by atoms with Gasteiger partial charge in [-0.15, -0.1) is 0 Å². The van der Waals surface area contributed by atoms with E-state index in [-0.39, 0.29) is 11.5 Å². The third-order valence-electron chi connectivity index (χ3n) is 4.05. The van der Waals surface area contributed by atoms with E-state index >= 15 is 0 Å². The van der Waals surface area contributed by atoms with Gasteiger partial charge in [0.05, 0.1) is 12.7 Å². The Hall–Kier alpha value is -0.730. The summed E-state index contributed by atoms with van der Waals surface area (Å²) in [5, 5.41) is 11.1. The highest BCUT2D eigenvalue weighted by Gasteiger charge is 2.28. The summed E-state index contributed by atoms with van der Waals surface area (Å²) in [6.45, 7) is 6.99. The molecular formula is C15H21ClO2. The molecule has 1 aromatic carbocycles. The summed E-state index contributed by atoms with van der Waals surface area (Å²) in [5.74, 6) is 0.936. The van der Waals surface area contributed by atoms with E-state index in [0.717, 1.165) is 35.8 Å². The summed E-state index contributed by atoms with van der Waals surface area (Å²) >= 11 is 6.12. The van der Waals surface area contributed by atoms with Gasteiger partial charge in [-0.05, 0) is 35.1 Å². The van der Waals surface area contributed by atoms with Gasteiger partial charge in [0.2, 0.25) is 0 Å². The molecule has 0 saturated heterocycles. The van der Waals surface area contributed by atoms with Gasteiger partial charge in [-0.2, -0.15) is 0 Å². The third kappa shape index (κ3) is 2.65. The van der Waals surface area contributed by atoms with E-state index in [9.17, 15) is 5.11 Å². The molecule has 2 rings (SSSR count). The number of aliphatic hydroxyl groups is 1. The molecule has 0 spiro atoms. The zero-order valence-electron chi connectivity index (χ0n) is 11.3. The van der Waals surface area contributed by atoms with Gasteiger partial charge in [0.25, 0.3) is 0 Å². The first-order chi connectivity index (χ1) is 8.44. The van der Waals surface area contributed by atoms with E-state index in [1.807, 2.05) is 12.1 Å². The molecule has 1 aromatic rings. The van der Waals surface area contributed by atoms with Gasteiger partial charge < -0.3 is 9.84 Å². The lowest BCUT2D eigenvalue weighted by Crippen LogP contribution is -2.30. The smallest absolute Gasteiger partial charge is 0.126 e. The molecule has 1 N–H and O–H groups in total. The predicted molar refractivity (Wildman–Crippen MR) is 74.4 cm³/mol. The van der Waals surface area contributed by atoms with Crippen molar-refractivity contribution in [1.29, 1.82) is 0 Å². The number of hydrogen-bond donors (Lipinski definition) is 1. The van der Waals surface area contributed by atoms with Crippen molar-refractivity contribution in [1.82, 2.24) is 0 Å². The zero-order chi connectivity index (χ0) is 13.3. The maximum atomic E-state index is 10.4. The first-order valence-electron chi connectivity index (χ1n) is 6.56. The van der Waals surface area contributed by atoms with Crippen LogP contribution in [-0.4, -0.2) is 17.8 Å². The van der Waals surface area contributed by atoms with Gasteiger partial charge >= 0.3 is 0 Å². The summed E-state index contributed by atoms with van der Waals surface area (Å²) in [6, 6.07) is 3.88. The molecule has 1 aliphatic rings. The number of rotatable bonds is 4. The summed E-state index contributed by atoms with van der Waals surface area (Å²) < 4.78 is 5.66. The van der Waals surface area contributed by atoms with Crippen LogP contribution in [0.5, 0.6) is 5.75 Å². The fraction of sp³-hybridized carbons (Fsp3) is 0.600. The van der Waals surface area contributed by atoms with E-state index in [4.69, 9.17) is 16.3 Å². The first kappa shape index (κ1) is 13.7. The second-order valence-corrected chi connectivity index (χ2v) is 6.15. The van der Waals surface area contributed by atoms with E-state index in [0.29, 0.717) is 6.42 Å². The molecule has 0 fully saturated rings. The van der Waals surface area contributed by atoms with Crippen molar-refractivity contribution in [3.63, 3.8) is 0 Å². The number of hydrogen-bond acceptors (Lipinski definition) is 2. The van der Waals surface area contributed by atoms with Crippen LogP contribution < -0.4 is 4.74 Å². The van der Waals surface area contributed by atoms with Crippen molar-refractivity contribution in [2.24, 2.45) is 5.41 Å². The molecule has 3 heteroatoms. The molecule has 100 valence electrons. The molecule has 1 heterocycles. The molecule has 0 amide bonds. The summed E-state index contributed by atoms with van der Waals surface area (Å²) in [4.78, 5) is 0. The van der Waals surface area contributed by atoms with Crippen LogP contribution in [0.1, 0.15) is 38.3 Å². The maximum Gasteiger partial charge on any atom is 0.126 e. The summed E-state index contributed by atoms with van der Waals surface area (Å²) in [5.41, 5.74) is 2.11. The largest absolute Gasteiger partial charge is 0.493 e. The van der Waals surface area contributed by atoms with Gasteiger partial charge in [0.15, 0.2) is 0 Å². The lowest BCUT2D eigenvalue weighted by atomic mass is 9.81. The second kappa shape index (κ2) is 5.10. The van der Waals surface area contributed by atoms with Crippen LogP contribution in [0.2, 0.25) is 5.02 Å². The Bertz CT molecular complexity index is 440. The second-order valence-electron chi connectivity index (χ2n) is 5.71. The lowest BCUT2D eigenvalue weighted by molar-refractivity contribution is 0.0475. The number of ether oxygens (including phenoxy) is 1. The van der Waals surface area contributed by atoms with Crippen molar-refractivity contribution in [3.8, 4) is 5.75 Å². The first-order valence-corrected chi connectivity index (χ1v) is 6.94. The number of halogens is 1. The Morgan fingerprint density at radius 2 is 2.17 bits per heavy atom. The Morgan fingerprint density at radius 3 is 2.83 bits per heavy atom. The monoisotopic (exact) mass is 268 g/mol. The molecule has 1 aliphatic heterocycles. The van der Waals surface area contributed by atoms with Crippen LogP contribution >= 0.6 is 11.6 Å². The number of aliphatic hydroxyl groups excluding tert-OH is 1. The highest BCUT2D eigenvalue weighted by Crippen LogP contribution is 2.36.